The number of hydrogen-bond acceptors (Lipinski definition) is 4. The third-order valence-electron chi connectivity index (χ3n) is 3.72. The van der Waals surface area contributed by atoms with Crippen molar-refractivity contribution < 1.29 is 14.3 Å². The second-order valence-corrected chi connectivity index (χ2v) is 5.26. The van der Waals surface area contributed by atoms with Crippen LogP contribution in [0, 0.1) is 13.8 Å². The molecule has 1 fully saturated rings. The van der Waals surface area contributed by atoms with Gasteiger partial charge in [-0.1, -0.05) is 0 Å². The third-order valence-corrected chi connectivity index (χ3v) is 3.72. The van der Waals surface area contributed by atoms with E-state index >= 15 is 0 Å². The van der Waals surface area contributed by atoms with E-state index in [-0.39, 0.29) is 12.3 Å². The molecular weight excluding hydrogens is 282 g/mol. The Hall–Kier alpha value is -2.18. The Morgan fingerprint density at radius 3 is 2.55 bits per heavy atom. The highest BCUT2D eigenvalue weighted by Gasteiger charge is 2.19. The number of anilines is 1. The van der Waals surface area contributed by atoms with Gasteiger partial charge in [0.05, 0.1) is 31.7 Å². The summed E-state index contributed by atoms with van der Waals surface area (Å²) in [4.78, 5) is 16.2. The molecule has 1 aromatic carbocycles. The Morgan fingerprint density at radius 1 is 1.27 bits per heavy atom. The minimum Gasteiger partial charge on any atom is -0.350 e. The van der Waals surface area contributed by atoms with Crippen molar-refractivity contribution in [3.05, 3.63) is 42.0 Å². The second-order valence-electron chi connectivity index (χ2n) is 5.26. The lowest BCUT2D eigenvalue weighted by Gasteiger charge is -2.10. The van der Waals surface area contributed by atoms with Gasteiger partial charge in [-0.25, -0.2) is 4.98 Å². The fraction of sp³-hybridized carbons (Fsp3) is 0.375. The SMILES string of the molecule is Cc1ncn(-c2ccc(NC(=O)CC3OCCO3)cc2)c1C. The Morgan fingerprint density at radius 2 is 1.95 bits per heavy atom. The molecule has 0 atom stereocenters. The van der Waals surface area contributed by atoms with Crippen LogP contribution in [-0.4, -0.2) is 35.0 Å². The molecule has 0 unspecified atom stereocenters. The number of amides is 1. The monoisotopic (exact) mass is 301 g/mol. The van der Waals surface area contributed by atoms with Crippen molar-refractivity contribution in [2.24, 2.45) is 0 Å². The van der Waals surface area contributed by atoms with Gasteiger partial charge < -0.3 is 19.4 Å². The molecule has 2 heterocycles. The molecule has 2 aromatic rings. The smallest absolute Gasteiger partial charge is 0.229 e. The predicted molar refractivity (Wildman–Crippen MR) is 82.0 cm³/mol. The molecule has 1 N–H and O–H groups in total. The van der Waals surface area contributed by atoms with E-state index in [1.54, 1.807) is 6.33 Å². The first-order valence-electron chi connectivity index (χ1n) is 7.27. The Bertz CT molecular complexity index is 658. The van der Waals surface area contributed by atoms with Gasteiger partial charge in [0, 0.05) is 17.1 Å². The van der Waals surface area contributed by atoms with Gasteiger partial charge in [0.25, 0.3) is 0 Å². The summed E-state index contributed by atoms with van der Waals surface area (Å²) in [5.74, 6) is -0.116. The Balaban J connectivity index is 1.64. The number of nitrogens with one attached hydrogen (secondary N) is 1. The maximum absolute atomic E-state index is 11.9. The molecule has 22 heavy (non-hydrogen) atoms. The quantitative estimate of drug-likeness (QED) is 0.940. The normalized spacial score (nSPS) is 15.2. The van der Waals surface area contributed by atoms with Crippen molar-refractivity contribution >= 4 is 11.6 Å². The lowest BCUT2D eigenvalue weighted by Crippen LogP contribution is -2.20. The summed E-state index contributed by atoms with van der Waals surface area (Å²) in [5, 5.41) is 2.84. The van der Waals surface area contributed by atoms with Gasteiger partial charge in [0.15, 0.2) is 6.29 Å². The fourth-order valence-corrected chi connectivity index (χ4v) is 2.35. The summed E-state index contributed by atoms with van der Waals surface area (Å²) in [6, 6.07) is 7.65. The highest BCUT2D eigenvalue weighted by atomic mass is 16.7. The minimum absolute atomic E-state index is 0.116. The van der Waals surface area contributed by atoms with Crippen LogP contribution in [0.15, 0.2) is 30.6 Å². The van der Waals surface area contributed by atoms with Gasteiger partial charge in [-0.3, -0.25) is 4.79 Å². The van der Waals surface area contributed by atoms with E-state index in [9.17, 15) is 4.79 Å². The van der Waals surface area contributed by atoms with Gasteiger partial charge >= 0.3 is 0 Å². The molecule has 0 bridgehead atoms. The van der Waals surface area contributed by atoms with Gasteiger partial charge in [-0.15, -0.1) is 0 Å². The zero-order valence-corrected chi connectivity index (χ0v) is 12.7. The van der Waals surface area contributed by atoms with Crippen molar-refractivity contribution in [1.29, 1.82) is 0 Å². The van der Waals surface area contributed by atoms with E-state index in [2.05, 4.69) is 10.3 Å². The van der Waals surface area contributed by atoms with Crippen molar-refractivity contribution in [3.8, 4) is 5.69 Å². The van der Waals surface area contributed by atoms with E-state index in [4.69, 9.17) is 9.47 Å². The number of aromatic nitrogens is 2. The van der Waals surface area contributed by atoms with Crippen LogP contribution in [-0.2, 0) is 14.3 Å². The topological polar surface area (TPSA) is 65.4 Å². The zero-order valence-electron chi connectivity index (χ0n) is 12.7. The van der Waals surface area contributed by atoms with E-state index in [1.165, 1.54) is 0 Å². The predicted octanol–water partition coefficient (Wildman–Crippen LogP) is 2.19. The number of imidazole rings is 1. The molecule has 0 aliphatic carbocycles. The highest BCUT2D eigenvalue weighted by molar-refractivity contribution is 5.91. The first-order chi connectivity index (χ1) is 10.6. The molecule has 0 radical (unpaired) electrons. The summed E-state index contributed by atoms with van der Waals surface area (Å²) in [6.07, 6.45) is 1.59. The summed E-state index contributed by atoms with van der Waals surface area (Å²) in [5.41, 5.74) is 3.88. The second kappa shape index (κ2) is 6.29. The molecule has 6 nitrogen and oxygen atoms in total. The molecule has 1 amide bonds. The summed E-state index contributed by atoms with van der Waals surface area (Å²) in [6.45, 7) is 5.11. The molecule has 116 valence electrons. The molecule has 1 aromatic heterocycles. The molecule has 3 rings (SSSR count). The third kappa shape index (κ3) is 3.18. The van der Waals surface area contributed by atoms with Gasteiger partial charge in [0.2, 0.25) is 5.91 Å². The van der Waals surface area contributed by atoms with Crippen LogP contribution in [0.2, 0.25) is 0 Å². The van der Waals surface area contributed by atoms with Crippen molar-refractivity contribution in [3.63, 3.8) is 0 Å². The number of nitrogens with zero attached hydrogens (tertiary/aromatic N) is 2. The Kier molecular flexibility index (Phi) is 4.22. The van der Waals surface area contributed by atoms with Gasteiger partial charge in [0.1, 0.15) is 0 Å². The van der Waals surface area contributed by atoms with Crippen LogP contribution in [0.5, 0.6) is 0 Å². The average molecular weight is 301 g/mol. The number of carbonyl (C=O) groups is 1. The highest BCUT2D eigenvalue weighted by Crippen LogP contribution is 2.17. The van der Waals surface area contributed by atoms with Crippen LogP contribution in [0.25, 0.3) is 5.69 Å². The lowest BCUT2D eigenvalue weighted by molar-refractivity contribution is -0.124. The van der Waals surface area contributed by atoms with Crippen LogP contribution in [0.3, 0.4) is 0 Å². The Labute approximate surface area is 129 Å². The maximum Gasteiger partial charge on any atom is 0.229 e. The van der Waals surface area contributed by atoms with Gasteiger partial charge in [-0.05, 0) is 38.1 Å². The van der Waals surface area contributed by atoms with Gasteiger partial charge in [-0.2, -0.15) is 0 Å². The van der Waals surface area contributed by atoms with Crippen LogP contribution >= 0.6 is 0 Å². The lowest BCUT2D eigenvalue weighted by atomic mass is 10.2. The largest absolute Gasteiger partial charge is 0.350 e. The molecule has 0 spiro atoms. The van der Waals surface area contributed by atoms with E-state index in [1.807, 2.05) is 42.7 Å². The van der Waals surface area contributed by atoms with E-state index < -0.39 is 6.29 Å². The molecule has 1 aliphatic heterocycles. The number of aryl methyl sites for hydroxylation is 1. The fourth-order valence-electron chi connectivity index (χ4n) is 2.35. The van der Waals surface area contributed by atoms with Crippen LogP contribution < -0.4 is 5.32 Å². The number of benzene rings is 1. The average Bonchev–Trinajstić information content (AvgIpc) is 3.12. The first-order valence-corrected chi connectivity index (χ1v) is 7.27. The zero-order chi connectivity index (χ0) is 15.5. The van der Waals surface area contributed by atoms with Crippen molar-refractivity contribution in [2.45, 2.75) is 26.6 Å². The van der Waals surface area contributed by atoms with Crippen molar-refractivity contribution in [2.75, 3.05) is 18.5 Å². The van der Waals surface area contributed by atoms with Crippen LogP contribution in [0.4, 0.5) is 5.69 Å². The number of carbonyl (C=O) groups excluding carboxylic acids is 1. The molecule has 1 aliphatic rings. The molecule has 6 heteroatoms. The van der Waals surface area contributed by atoms with E-state index in [0.29, 0.717) is 13.2 Å². The summed E-state index contributed by atoms with van der Waals surface area (Å²) in [7, 11) is 0. The first kappa shape index (κ1) is 14.7. The van der Waals surface area contributed by atoms with Crippen LogP contribution in [0.1, 0.15) is 17.8 Å². The molecule has 0 saturated carbocycles. The van der Waals surface area contributed by atoms with E-state index in [0.717, 1.165) is 22.8 Å². The number of ether oxygens (including phenoxy) is 2. The van der Waals surface area contributed by atoms with Crippen molar-refractivity contribution in [1.82, 2.24) is 9.55 Å². The number of rotatable bonds is 4. The summed E-state index contributed by atoms with van der Waals surface area (Å²) >= 11 is 0. The molecular formula is C16H19N3O3. The number of hydrogen-bond donors (Lipinski definition) is 1. The molecule has 1 saturated heterocycles. The standard InChI is InChI=1S/C16H19N3O3/c1-11-12(2)19(10-17-11)14-5-3-13(4-6-14)18-15(20)9-16-21-7-8-22-16/h3-6,10,16H,7-9H2,1-2H3,(H,18,20). The minimum atomic E-state index is -0.421. The maximum atomic E-state index is 11.9. The summed E-state index contributed by atoms with van der Waals surface area (Å²) < 4.78 is 12.5.